The number of hydrogen-bond donors (Lipinski definition) is 2. The van der Waals surface area contributed by atoms with E-state index in [-0.39, 0.29) is 22.9 Å². The Kier molecular flexibility index (Phi) is 6.32. The number of nitrogens with zero attached hydrogens (tertiary/aromatic N) is 6. The lowest BCUT2D eigenvalue weighted by atomic mass is 9.88. The van der Waals surface area contributed by atoms with Crippen LogP contribution >= 0.6 is 22.9 Å². The van der Waals surface area contributed by atoms with Crippen LogP contribution in [0.5, 0.6) is 0 Å². The molecule has 4 aromatic heterocycles. The van der Waals surface area contributed by atoms with Gasteiger partial charge in [-0.3, -0.25) is 9.59 Å². The van der Waals surface area contributed by atoms with Crippen LogP contribution < -0.4 is 10.6 Å². The third-order valence-corrected chi connectivity index (χ3v) is 6.60. The van der Waals surface area contributed by atoms with Gasteiger partial charge >= 0.3 is 0 Å². The predicted molar refractivity (Wildman–Crippen MR) is 130 cm³/mol. The smallest absolute Gasteiger partial charge is 0.271 e. The maximum Gasteiger partial charge on any atom is 0.271 e. The van der Waals surface area contributed by atoms with Crippen molar-refractivity contribution in [2.45, 2.75) is 39.2 Å². The van der Waals surface area contributed by atoms with Crippen LogP contribution in [0, 0.1) is 0 Å². The highest BCUT2D eigenvalue weighted by atomic mass is 35.5. The maximum atomic E-state index is 12.8. The molecule has 10 nitrogen and oxygen atoms in total. The summed E-state index contributed by atoms with van der Waals surface area (Å²) in [6, 6.07) is 3.07. The fourth-order valence-corrected chi connectivity index (χ4v) is 4.51. The molecule has 0 aromatic carbocycles. The quantitative estimate of drug-likeness (QED) is 0.427. The number of amides is 2. The van der Waals surface area contributed by atoms with Crippen molar-refractivity contribution in [2.75, 3.05) is 5.32 Å². The minimum atomic E-state index is -0.435. The Labute approximate surface area is 204 Å². The summed E-state index contributed by atoms with van der Waals surface area (Å²) in [6.07, 6.45) is 4.64. The second-order valence-electron chi connectivity index (χ2n) is 8.78. The maximum absolute atomic E-state index is 12.8. The van der Waals surface area contributed by atoms with Gasteiger partial charge in [0.2, 0.25) is 0 Å². The van der Waals surface area contributed by atoms with Crippen LogP contribution in [0.4, 0.5) is 5.82 Å². The first-order valence-corrected chi connectivity index (χ1v) is 11.6. The van der Waals surface area contributed by atoms with E-state index in [1.165, 1.54) is 23.9 Å². The highest BCUT2D eigenvalue weighted by molar-refractivity contribution is 7.13. The Balaban J connectivity index is 1.46. The topological polar surface area (TPSA) is 128 Å². The van der Waals surface area contributed by atoms with Gasteiger partial charge in [-0.15, -0.1) is 21.5 Å². The predicted octanol–water partition coefficient (Wildman–Crippen LogP) is 3.91. The van der Waals surface area contributed by atoms with Gasteiger partial charge in [-0.25, -0.2) is 15.0 Å². The number of nitrogens with one attached hydrogen (secondary N) is 2. The van der Waals surface area contributed by atoms with Crippen LogP contribution in [0.3, 0.4) is 0 Å². The molecule has 1 unspecified atom stereocenters. The third-order valence-electron chi connectivity index (χ3n) is 5.14. The number of fused-ring (bicyclic) bond motifs is 1. The van der Waals surface area contributed by atoms with E-state index in [0.29, 0.717) is 31.9 Å². The first kappa shape index (κ1) is 23.7. The van der Waals surface area contributed by atoms with E-state index < -0.39 is 6.04 Å². The molecule has 4 aromatic rings. The van der Waals surface area contributed by atoms with Crippen molar-refractivity contribution in [3.8, 4) is 0 Å². The largest absolute Gasteiger partial charge is 0.342 e. The normalized spacial score (nSPS) is 12.5. The Hall–Kier alpha value is -3.44. The first-order valence-electron chi connectivity index (χ1n) is 10.4. The highest BCUT2D eigenvalue weighted by Crippen LogP contribution is 2.29. The summed E-state index contributed by atoms with van der Waals surface area (Å²) in [7, 11) is 1.85. The summed E-state index contributed by atoms with van der Waals surface area (Å²) in [6.45, 7) is 7.78. The van der Waals surface area contributed by atoms with Gasteiger partial charge in [-0.05, 0) is 24.5 Å². The molecule has 4 heterocycles. The van der Waals surface area contributed by atoms with Crippen molar-refractivity contribution in [1.29, 1.82) is 0 Å². The molecule has 0 aliphatic carbocycles. The van der Waals surface area contributed by atoms with Crippen molar-refractivity contribution < 1.29 is 9.59 Å². The SMILES string of the molecule is CC(NC(=O)c1ncnc2c1ccn2C)c1ncc(C(=O)Nc2cc(C(C)(C)C)c(Cl)nn2)s1. The van der Waals surface area contributed by atoms with Gasteiger partial charge in [0, 0.05) is 18.8 Å². The van der Waals surface area contributed by atoms with Crippen molar-refractivity contribution in [3.05, 3.63) is 57.1 Å². The number of halogens is 1. The van der Waals surface area contributed by atoms with E-state index in [2.05, 4.69) is 35.8 Å². The monoisotopic (exact) mass is 498 g/mol. The number of hydrogen-bond acceptors (Lipinski definition) is 8. The highest BCUT2D eigenvalue weighted by Gasteiger charge is 2.22. The van der Waals surface area contributed by atoms with Crippen LogP contribution in [-0.2, 0) is 12.5 Å². The molecular weight excluding hydrogens is 476 g/mol. The van der Waals surface area contributed by atoms with Gasteiger partial charge in [0.25, 0.3) is 11.8 Å². The fraction of sp³-hybridized carbons (Fsp3) is 0.318. The number of carbonyl (C=O) groups is 2. The molecular formula is C22H23ClN8O2S. The fourth-order valence-electron chi connectivity index (χ4n) is 3.32. The number of anilines is 1. The minimum Gasteiger partial charge on any atom is -0.342 e. The summed E-state index contributed by atoms with van der Waals surface area (Å²) >= 11 is 7.33. The summed E-state index contributed by atoms with van der Waals surface area (Å²) in [4.78, 5) is 38.6. The number of rotatable bonds is 5. The van der Waals surface area contributed by atoms with E-state index in [1.807, 2.05) is 38.6 Å². The second kappa shape index (κ2) is 9.07. The average Bonchev–Trinajstić information content (AvgIpc) is 3.42. The molecule has 0 saturated heterocycles. The Morgan fingerprint density at radius 2 is 1.91 bits per heavy atom. The van der Waals surface area contributed by atoms with Crippen LogP contribution in [0.15, 0.2) is 30.9 Å². The van der Waals surface area contributed by atoms with E-state index in [9.17, 15) is 9.59 Å². The molecule has 12 heteroatoms. The van der Waals surface area contributed by atoms with E-state index in [4.69, 9.17) is 11.6 Å². The molecule has 0 spiro atoms. The molecule has 34 heavy (non-hydrogen) atoms. The van der Waals surface area contributed by atoms with Gasteiger partial charge < -0.3 is 15.2 Å². The third kappa shape index (κ3) is 4.75. The number of aromatic nitrogens is 6. The molecule has 1 atom stereocenters. The van der Waals surface area contributed by atoms with Gasteiger partial charge in [-0.1, -0.05) is 32.4 Å². The van der Waals surface area contributed by atoms with Gasteiger partial charge in [-0.2, -0.15) is 0 Å². The zero-order chi connectivity index (χ0) is 24.6. The lowest BCUT2D eigenvalue weighted by Crippen LogP contribution is -2.27. The summed E-state index contributed by atoms with van der Waals surface area (Å²) < 4.78 is 1.82. The van der Waals surface area contributed by atoms with Gasteiger partial charge in [0.05, 0.1) is 17.6 Å². The molecule has 4 rings (SSSR count). The molecule has 0 aliphatic rings. The van der Waals surface area contributed by atoms with Gasteiger partial charge in [0.1, 0.15) is 27.6 Å². The Morgan fingerprint density at radius 1 is 1.15 bits per heavy atom. The lowest BCUT2D eigenvalue weighted by Gasteiger charge is -2.20. The Morgan fingerprint density at radius 3 is 2.65 bits per heavy atom. The number of aryl methyl sites for hydroxylation is 1. The molecule has 0 radical (unpaired) electrons. The summed E-state index contributed by atoms with van der Waals surface area (Å²) in [5, 5.41) is 15.1. The molecule has 0 aliphatic heterocycles. The van der Waals surface area contributed by atoms with Gasteiger partial charge in [0.15, 0.2) is 11.0 Å². The van der Waals surface area contributed by atoms with E-state index in [1.54, 1.807) is 19.1 Å². The molecule has 176 valence electrons. The number of carbonyl (C=O) groups excluding carboxylic acids is 2. The van der Waals surface area contributed by atoms with Crippen LogP contribution in [-0.4, -0.2) is 41.5 Å². The van der Waals surface area contributed by atoms with Crippen LogP contribution in [0.2, 0.25) is 5.15 Å². The zero-order valence-electron chi connectivity index (χ0n) is 19.3. The summed E-state index contributed by atoms with van der Waals surface area (Å²) in [5.74, 6) is -0.426. The van der Waals surface area contributed by atoms with Crippen molar-refractivity contribution in [3.63, 3.8) is 0 Å². The van der Waals surface area contributed by atoms with E-state index in [0.717, 1.165) is 5.56 Å². The van der Waals surface area contributed by atoms with Crippen molar-refractivity contribution in [2.24, 2.45) is 7.05 Å². The van der Waals surface area contributed by atoms with Crippen LogP contribution in [0.25, 0.3) is 11.0 Å². The van der Waals surface area contributed by atoms with E-state index >= 15 is 0 Å². The lowest BCUT2D eigenvalue weighted by molar-refractivity contribution is 0.0936. The summed E-state index contributed by atoms with van der Waals surface area (Å²) in [5.41, 5.74) is 1.47. The number of thiazole rings is 1. The second-order valence-corrected chi connectivity index (χ2v) is 10.2. The molecule has 2 amide bonds. The standard InChI is InChI=1S/C22H23ClN8O2S/c1-11(27-20(33)16-12-6-7-31(5)18(12)26-10-25-16)21-24-9-14(34-21)19(32)28-15-8-13(22(2,3)4)17(23)30-29-15/h6-11H,1-5H3,(H,27,33)(H,28,29,32). The van der Waals surface area contributed by atoms with Crippen LogP contribution in [0.1, 0.15) is 64.5 Å². The molecule has 0 bridgehead atoms. The van der Waals surface area contributed by atoms with Crippen molar-refractivity contribution in [1.82, 2.24) is 35.0 Å². The molecule has 2 N–H and O–H groups in total. The Bertz CT molecular complexity index is 1390. The first-order chi connectivity index (χ1) is 16.0. The average molecular weight is 499 g/mol. The molecule has 0 saturated carbocycles. The zero-order valence-corrected chi connectivity index (χ0v) is 20.8. The molecule has 0 fully saturated rings. The minimum absolute atomic E-state index is 0.257. The van der Waals surface area contributed by atoms with Crippen molar-refractivity contribution >= 4 is 51.6 Å².